The molecule has 2 heterocycles. The van der Waals surface area contributed by atoms with E-state index in [1.54, 1.807) is 28.6 Å². The second kappa shape index (κ2) is 7.39. The number of halogens is 1. The molecule has 0 amide bonds. The van der Waals surface area contributed by atoms with E-state index in [4.69, 9.17) is 0 Å². The Morgan fingerprint density at radius 2 is 1.92 bits per heavy atom. The van der Waals surface area contributed by atoms with Crippen LogP contribution in [0.1, 0.15) is 24.1 Å². The molecule has 0 bridgehead atoms. The summed E-state index contributed by atoms with van der Waals surface area (Å²) < 4.78 is 28.1. The molecule has 1 saturated heterocycles. The summed E-state index contributed by atoms with van der Waals surface area (Å²) >= 11 is 3.33. The Morgan fingerprint density at radius 3 is 2.60 bits per heavy atom. The van der Waals surface area contributed by atoms with Crippen molar-refractivity contribution in [3.8, 4) is 0 Å². The van der Waals surface area contributed by atoms with Crippen molar-refractivity contribution in [3.63, 3.8) is 0 Å². The van der Waals surface area contributed by atoms with E-state index in [-0.39, 0.29) is 6.04 Å². The zero-order valence-corrected chi connectivity index (χ0v) is 16.6. The van der Waals surface area contributed by atoms with Gasteiger partial charge in [-0.25, -0.2) is 8.42 Å². The van der Waals surface area contributed by atoms with Crippen molar-refractivity contribution in [3.05, 3.63) is 46.1 Å². The average molecular weight is 425 g/mol. The Hall–Kier alpha value is -1.51. The monoisotopic (exact) mass is 424 g/mol. The van der Waals surface area contributed by atoms with Gasteiger partial charge in [0, 0.05) is 23.6 Å². The van der Waals surface area contributed by atoms with Crippen LogP contribution < -0.4 is 5.32 Å². The molecule has 25 heavy (non-hydrogen) atoms. The first kappa shape index (κ1) is 18.3. The molecule has 0 spiro atoms. The van der Waals surface area contributed by atoms with Gasteiger partial charge in [-0.2, -0.15) is 9.40 Å². The van der Waals surface area contributed by atoms with E-state index in [1.807, 2.05) is 19.9 Å². The van der Waals surface area contributed by atoms with Crippen molar-refractivity contribution in [2.45, 2.75) is 37.6 Å². The van der Waals surface area contributed by atoms with Gasteiger partial charge in [-0.3, -0.25) is 0 Å². The van der Waals surface area contributed by atoms with E-state index in [0.717, 1.165) is 28.6 Å². The van der Waals surface area contributed by atoms with Crippen molar-refractivity contribution in [1.29, 1.82) is 0 Å². The third kappa shape index (κ3) is 4.19. The summed E-state index contributed by atoms with van der Waals surface area (Å²) in [7, 11) is -3.48. The zero-order valence-electron chi connectivity index (χ0n) is 14.2. The van der Waals surface area contributed by atoms with Crippen LogP contribution in [0.15, 0.2) is 39.7 Å². The topological polar surface area (TPSA) is 75.2 Å². The van der Waals surface area contributed by atoms with Crippen LogP contribution >= 0.6 is 15.9 Å². The lowest BCUT2D eigenvalue weighted by molar-refractivity contribution is 0.326. The number of aryl methyl sites for hydroxylation is 2. The number of piperidine rings is 1. The highest BCUT2D eigenvalue weighted by Crippen LogP contribution is 2.23. The lowest BCUT2D eigenvalue weighted by Gasteiger charge is -2.32. The van der Waals surface area contributed by atoms with Crippen molar-refractivity contribution in [2.75, 3.05) is 18.4 Å². The van der Waals surface area contributed by atoms with Crippen LogP contribution in [0.2, 0.25) is 0 Å². The van der Waals surface area contributed by atoms with E-state index >= 15 is 0 Å². The third-order valence-electron chi connectivity index (χ3n) is 4.42. The highest BCUT2D eigenvalue weighted by atomic mass is 79.9. The molecule has 1 unspecified atom stereocenters. The fourth-order valence-corrected chi connectivity index (χ4v) is 4.65. The summed E-state index contributed by atoms with van der Waals surface area (Å²) in [6, 6.07) is 8.73. The van der Waals surface area contributed by atoms with Gasteiger partial charge in [-0.1, -0.05) is 15.9 Å². The maximum Gasteiger partial charge on any atom is 0.243 e. The molecule has 1 N–H and O–H groups in total. The molecule has 1 atom stereocenters. The van der Waals surface area contributed by atoms with Crippen molar-refractivity contribution in [2.24, 2.45) is 0 Å². The molecule has 1 aliphatic rings. The predicted molar refractivity (Wildman–Crippen MR) is 101 cm³/mol. The summed E-state index contributed by atoms with van der Waals surface area (Å²) in [5, 5.41) is 11.6. The van der Waals surface area contributed by atoms with Gasteiger partial charge in [0.2, 0.25) is 10.0 Å². The average Bonchev–Trinajstić information content (AvgIpc) is 2.59. The largest absolute Gasteiger partial charge is 0.365 e. The molecule has 0 radical (unpaired) electrons. The van der Waals surface area contributed by atoms with E-state index in [9.17, 15) is 8.42 Å². The number of rotatable bonds is 4. The maximum absolute atomic E-state index is 12.9. The molecule has 0 saturated carbocycles. The zero-order chi connectivity index (χ0) is 18.0. The minimum Gasteiger partial charge on any atom is -0.365 e. The molecule has 6 nitrogen and oxygen atoms in total. The van der Waals surface area contributed by atoms with Gasteiger partial charge >= 0.3 is 0 Å². The van der Waals surface area contributed by atoms with Crippen molar-refractivity contribution in [1.82, 2.24) is 14.5 Å². The molecular formula is C17H21BrN4O2S. The molecule has 0 aliphatic carbocycles. The third-order valence-corrected chi connectivity index (χ3v) is 6.83. The smallest absolute Gasteiger partial charge is 0.243 e. The number of nitrogens with zero attached hydrogens (tertiary/aromatic N) is 3. The second-order valence-electron chi connectivity index (χ2n) is 6.30. The molecular weight excluding hydrogens is 404 g/mol. The number of nitrogens with one attached hydrogen (secondary N) is 1. The van der Waals surface area contributed by atoms with E-state index in [0.29, 0.717) is 23.8 Å². The number of sulfonamides is 1. The SMILES string of the molecule is Cc1cc(NC2CCCN(S(=O)(=O)c3ccc(Br)cc3)C2)nnc1C. The molecule has 1 aromatic heterocycles. The first-order valence-corrected chi connectivity index (χ1v) is 10.4. The van der Waals surface area contributed by atoms with Gasteiger partial charge in [0.05, 0.1) is 10.6 Å². The predicted octanol–water partition coefficient (Wildman–Crippen LogP) is 3.12. The molecule has 1 aromatic carbocycles. The van der Waals surface area contributed by atoms with Crippen LogP contribution in [0.3, 0.4) is 0 Å². The van der Waals surface area contributed by atoms with Crippen LogP contribution in [0.4, 0.5) is 5.82 Å². The highest BCUT2D eigenvalue weighted by Gasteiger charge is 2.30. The maximum atomic E-state index is 12.9. The van der Waals surface area contributed by atoms with Crippen molar-refractivity contribution < 1.29 is 8.42 Å². The van der Waals surface area contributed by atoms with Crippen molar-refractivity contribution >= 4 is 31.8 Å². The number of hydrogen-bond acceptors (Lipinski definition) is 5. The number of anilines is 1. The van der Waals surface area contributed by atoms with Gasteiger partial charge < -0.3 is 5.32 Å². The van der Waals surface area contributed by atoms with Crippen LogP contribution in [-0.2, 0) is 10.0 Å². The normalized spacial score (nSPS) is 18.9. The van der Waals surface area contributed by atoms with E-state index < -0.39 is 10.0 Å². The van der Waals surface area contributed by atoms with Crippen LogP contribution in [0.5, 0.6) is 0 Å². The second-order valence-corrected chi connectivity index (χ2v) is 9.15. The summed E-state index contributed by atoms with van der Waals surface area (Å²) in [6.07, 6.45) is 1.71. The Kier molecular flexibility index (Phi) is 5.41. The molecule has 134 valence electrons. The van der Waals surface area contributed by atoms with Gasteiger partial charge in [0.25, 0.3) is 0 Å². The Morgan fingerprint density at radius 1 is 1.20 bits per heavy atom. The van der Waals surface area contributed by atoms with E-state index in [2.05, 4.69) is 31.4 Å². The Bertz CT molecular complexity index is 855. The van der Waals surface area contributed by atoms with Crippen LogP contribution in [-0.4, -0.2) is 42.1 Å². The fraction of sp³-hybridized carbons (Fsp3) is 0.412. The quantitative estimate of drug-likeness (QED) is 0.815. The van der Waals surface area contributed by atoms with Gasteiger partial charge in [-0.05, 0) is 62.6 Å². The van der Waals surface area contributed by atoms with Gasteiger partial charge in [0.15, 0.2) is 0 Å². The van der Waals surface area contributed by atoms with Crippen LogP contribution in [0, 0.1) is 13.8 Å². The fourth-order valence-electron chi connectivity index (χ4n) is 2.86. The van der Waals surface area contributed by atoms with Gasteiger partial charge in [0.1, 0.15) is 5.82 Å². The summed E-state index contributed by atoms with van der Waals surface area (Å²) in [6.45, 7) is 4.86. The van der Waals surface area contributed by atoms with E-state index in [1.165, 1.54) is 0 Å². The number of benzene rings is 1. The first-order chi connectivity index (χ1) is 11.9. The lowest BCUT2D eigenvalue weighted by atomic mass is 10.1. The lowest BCUT2D eigenvalue weighted by Crippen LogP contribution is -2.45. The minimum atomic E-state index is -3.48. The standard InChI is InChI=1S/C17H21BrN4O2S/c1-12-10-17(21-20-13(12)2)19-15-4-3-9-22(11-15)25(23,24)16-7-5-14(18)6-8-16/h5-8,10,15H,3-4,9,11H2,1-2H3,(H,19,21). The Balaban J connectivity index is 1.74. The highest BCUT2D eigenvalue weighted by molar-refractivity contribution is 9.10. The first-order valence-electron chi connectivity index (χ1n) is 8.19. The summed E-state index contributed by atoms with van der Waals surface area (Å²) in [5.41, 5.74) is 1.96. The molecule has 8 heteroatoms. The molecule has 1 fully saturated rings. The van der Waals surface area contributed by atoms with Crippen LogP contribution in [0.25, 0.3) is 0 Å². The van der Waals surface area contributed by atoms with Gasteiger partial charge in [-0.15, -0.1) is 5.10 Å². The minimum absolute atomic E-state index is 0.0235. The summed E-state index contributed by atoms with van der Waals surface area (Å²) in [4.78, 5) is 0.322. The molecule has 2 aromatic rings. The molecule has 3 rings (SSSR count). The number of hydrogen-bond donors (Lipinski definition) is 1. The summed E-state index contributed by atoms with van der Waals surface area (Å²) in [5.74, 6) is 0.691. The Labute approximate surface area is 156 Å². The molecule has 1 aliphatic heterocycles. The number of aromatic nitrogens is 2.